The third-order valence-corrected chi connectivity index (χ3v) is 4.94. The number of rotatable bonds is 2. The van der Waals surface area contributed by atoms with E-state index in [0.717, 1.165) is 35.6 Å². The van der Waals surface area contributed by atoms with Crippen molar-refractivity contribution in [1.29, 1.82) is 0 Å². The molecule has 21 heavy (non-hydrogen) atoms. The van der Waals surface area contributed by atoms with Crippen LogP contribution in [0.1, 0.15) is 30.1 Å². The van der Waals surface area contributed by atoms with Gasteiger partial charge in [0.1, 0.15) is 0 Å². The predicted molar refractivity (Wildman–Crippen MR) is 81.7 cm³/mol. The minimum Gasteiger partial charge on any atom is -0.478 e. The highest BCUT2D eigenvalue weighted by molar-refractivity contribution is 6.03. The van der Waals surface area contributed by atoms with E-state index in [1.165, 1.54) is 12.8 Å². The van der Waals surface area contributed by atoms with Crippen molar-refractivity contribution in [2.75, 3.05) is 18.0 Å². The second-order valence-electron chi connectivity index (χ2n) is 6.73. The van der Waals surface area contributed by atoms with E-state index in [0.29, 0.717) is 11.0 Å². The first-order chi connectivity index (χ1) is 10.1. The van der Waals surface area contributed by atoms with Gasteiger partial charge in [-0.2, -0.15) is 0 Å². The molecule has 0 atom stereocenters. The molecule has 1 saturated carbocycles. The van der Waals surface area contributed by atoms with Crippen molar-refractivity contribution in [3.05, 3.63) is 36.0 Å². The van der Waals surface area contributed by atoms with Crippen LogP contribution in [0, 0.1) is 11.3 Å². The normalized spacial score (nSPS) is 20.3. The number of hydrogen-bond donors (Lipinski definition) is 1. The number of anilines is 1. The number of fused-ring (bicyclic) bond motifs is 1. The van der Waals surface area contributed by atoms with Crippen LogP contribution in [0.2, 0.25) is 0 Å². The number of carbonyl (C=O) groups is 1. The smallest absolute Gasteiger partial charge is 0.336 e. The van der Waals surface area contributed by atoms with E-state index in [4.69, 9.17) is 0 Å². The number of benzene rings is 1. The maximum absolute atomic E-state index is 11.3. The lowest BCUT2D eigenvalue weighted by atomic mass is 9.58. The second-order valence-corrected chi connectivity index (χ2v) is 6.73. The van der Waals surface area contributed by atoms with Crippen LogP contribution >= 0.6 is 0 Å². The Labute approximate surface area is 123 Å². The molecule has 0 bridgehead atoms. The summed E-state index contributed by atoms with van der Waals surface area (Å²) in [4.78, 5) is 17.9. The minimum absolute atomic E-state index is 0.328. The molecule has 2 fully saturated rings. The summed E-state index contributed by atoms with van der Waals surface area (Å²) < 4.78 is 0. The Hall–Kier alpha value is -2.10. The summed E-state index contributed by atoms with van der Waals surface area (Å²) in [5.41, 5.74) is 2.72. The molecule has 4 rings (SSSR count). The number of carboxylic acids is 1. The van der Waals surface area contributed by atoms with Crippen LogP contribution < -0.4 is 4.90 Å². The Kier molecular flexibility index (Phi) is 2.52. The van der Waals surface area contributed by atoms with Gasteiger partial charge in [-0.15, -0.1) is 0 Å². The highest BCUT2D eigenvalue weighted by Gasteiger charge is 2.50. The topological polar surface area (TPSA) is 53.4 Å². The summed E-state index contributed by atoms with van der Waals surface area (Å²) >= 11 is 0. The van der Waals surface area contributed by atoms with E-state index < -0.39 is 5.97 Å². The highest BCUT2D eigenvalue weighted by atomic mass is 16.4. The molecule has 2 aromatic rings. The van der Waals surface area contributed by atoms with Crippen molar-refractivity contribution in [3.8, 4) is 0 Å². The largest absolute Gasteiger partial charge is 0.478 e. The summed E-state index contributed by atoms with van der Waals surface area (Å²) in [5.74, 6) is -0.0287. The molecule has 1 spiro atoms. The molecule has 0 radical (unpaired) electrons. The van der Waals surface area contributed by atoms with E-state index in [2.05, 4.69) is 22.9 Å². The quantitative estimate of drug-likeness (QED) is 0.919. The Bertz CT molecular complexity index is 727. The lowest BCUT2D eigenvalue weighted by molar-refractivity contribution is 0.0337. The fourth-order valence-electron chi connectivity index (χ4n) is 4.14. The van der Waals surface area contributed by atoms with Crippen LogP contribution in [0.3, 0.4) is 0 Å². The number of nitrogens with zero attached hydrogens (tertiary/aromatic N) is 2. The molecular formula is C17H18N2O2. The van der Waals surface area contributed by atoms with Gasteiger partial charge in [0.15, 0.2) is 0 Å². The van der Waals surface area contributed by atoms with Crippen molar-refractivity contribution in [2.24, 2.45) is 11.3 Å². The van der Waals surface area contributed by atoms with Crippen LogP contribution in [-0.2, 0) is 0 Å². The van der Waals surface area contributed by atoms with E-state index in [1.807, 2.05) is 12.1 Å². The Morgan fingerprint density at radius 1 is 1.33 bits per heavy atom. The maximum Gasteiger partial charge on any atom is 0.336 e. The van der Waals surface area contributed by atoms with Crippen molar-refractivity contribution in [3.63, 3.8) is 0 Å². The zero-order valence-corrected chi connectivity index (χ0v) is 12.0. The molecule has 1 saturated heterocycles. The van der Waals surface area contributed by atoms with Crippen LogP contribution in [0.25, 0.3) is 10.9 Å². The Morgan fingerprint density at radius 2 is 2.10 bits per heavy atom. The Balaban J connectivity index is 1.65. The summed E-state index contributed by atoms with van der Waals surface area (Å²) in [6.07, 6.45) is 4.22. The molecule has 1 N–H and O–H groups in total. The number of carboxylic acid groups (broad SMARTS) is 1. The number of aromatic carboxylic acids is 1. The third-order valence-electron chi connectivity index (χ3n) is 4.94. The van der Waals surface area contributed by atoms with Gasteiger partial charge in [-0.3, -0.25) is 4.98 Å². The number of hydrogen-bond acceptors (Lipinski definition) is 3. The SMILES string of the molecule is CC1CC2(C1)CN(c1ccc3nccc(C(=O)O)c3c1)C2. The fourth-order valence-corrected chi connectivity index (χ4v) is 4.14. The molecule has 4 heteroatoms. The summed E-state index contributed by atoms with van der Waals surface area (Å²) in [5, 5.41) is 10.0. The van der Waals surface area contributed by atoms with E-state index in [1.54, 1.807) is 12.3 Å². The average Bonchev–Trinajstić information content (AvgIpc) is 2.39. The zero-order chi connectivity index (χ0) is 14.6. The predicted octanol–water partition coefficient (Wildman–Crippen LogP) is 3.17. The molecule has 4 nitrogen and oxygen atoms in total. The molecule has 1 aliphatic heterocycles. The highest BCUT2D eigenvalue weighted by Crippen LogP contribution is 2.52. The molecule has 1 aliphatic carbocycles. The molecule has 1 aromatic heterocycles. The van der Waals surface area contributed by atoms with Crippen molar-refractivity contribution in [1.82, 2.24) is 4.98 Å². The summed E-state index contributed by atoms with van der Waals surface area (Å²) in [6, 6.07) is 7.52. The van der Waals surface area contributed by atoms with Gasteiger partial charge in [0.25, 0.3) is 0 Å². The molecule has 2 heterocycles. The van der Waals surface area contributed by atoms with Gasteiger partial charge in [0.05, 0.1) is 11.1 Å². The molecule has 2 aliphatic rings. The van der Waals surface area contributed by atoms with E-state index in [-0.39, 0.29) is 0 Å². The van der Waals surface area contributed by atoms with Crippen LogP contribution in [0.4, 0.5) is 5.69 Å². The zero-order valence-electron chi connectivity index (χ0n) is 12.0. The van der Waals surface area contributed by atoms with Gasteiger partial charge in [-0.1, -0.05) is 6.92 Å². The van der Waals surface area contributed by atoms with Gasteiger partial charge in [-0.05, 0) is 43.0 Å². The number of pyridine rings is 1. The van der Waals surface area contributed by atoms with Gasteiger partial charge < -0.3 is 10.0 Å². The summed E-state index contributed by atoms with van der Waals surface area (Å²) in [6.45, 7) is 4.52. The second kappa shape index (κ2) is 4.20. The van der Waals surface area contributed by atoms with Crippen LogP contribution in [0.5, 0.6) is 0 Å². The van der Waals surface area contributed by atoms with E-state index in [9.17, 15) is 9.90 Å². The standard InChI is InChI=1S/C17H18N2O2/c1-11-7-17(8-11)9-19(10-17)12-2-3-15-14(6-12)13(16(20)21)4-5-18-15/h2-6,11H,7-10H2,1H3,(H,20,21). The van der Waals surface area contributed by atoms with Gasteiger partial charge >= 0.3 is 5.97 Å². The molecule has 108 valence electrons. The van der Waals surface area contributed by atoms with Crippen LogP contribution in [0.15, 0.2) is 30.5 Å². The molecule has 0 amide bonds. The first-order valence-corrected chi connectivity index (χ1v) is 7.43. The Morgan fingerprint density at radius 3 is 2.76 bits per heavy atom. The monoisotopic (exact) mass is 282 g/mol. The van der Waals surface area contributed by atoms with E-state index >= 15 is 0 Å². The first-order valence-electron chi connectivity index (χ1n) is 7.43. The fraction of sp³-hybridized carbons (Fsp3) is 0.412. The molecule has 0 unspecified atom stereocenters. The maximum atomic E-state index is 11.3. The van der Waals surface area contributed by atoms with Gasteiger partial charge in [0.2, 0.25) is 0 Å². The lowest BCUT2D eigenvalue weighted by Gasteiger charge is -2.59. The lowest BCUT2D eigenvalue weighted by Crippen LogP contribution is -2.62. The molecular weight excluding hydrogens is 264 g/mol. The van der Waals surface area contributed by atoms with Gasteiger partial charge in [0, 0.05) is 35.8 Å². The van der Waals surface area contributed by atoms with Crippen LogP contribution in [-0.4, -0.2) is 29.1 Å². The first kappa shape index (κ1) is 12.6. The number of aromatic nitrogens is 1. The van der Waals surface area contributed by atoms with Crippen molar-refractivity contribution < 1.29 is 9.90 Å². The van der Waals surface area contributed by atoms with Gasteiger partial charge in [-0.25, -0.2) is 4.79 Å². The third kappa shape index (κ3) is 1.89. The molecule has 1 aromatic carbocycles. The average molecular weight is 282 g/mol. The summed E-state index contributed by atoms with van der Waals surface area (Å²) in [7, 11) is 0. The minimum atomic E-state index is -0.896. The van der Waals surface area contributed by atoms with Crippen molar-refractivity contribution >= 4 is 22.6 Å². The van der Waals surface area contributed by atoms with Crippen molar-refractivity contribution in [2.45, 2.75) is 19.8 Å².